The van der Waals surface area contributed by atoms with Crippen molar-refractivity contribution in [2.75, 3.05) is 22.9 Å². The summed E-state index contributed by atoms with van der Waals surface area (Å²) in [4.78, 5) is 0. The fourth-order valence-corrected chi connectivity index (χ4v) is 2.50. The Morgan fingerprint density at radius 3 is 1.41 bits per heavy atom. The van der Waals surface area contributed by atoms with Crippen molar-refractivity contribution in [2.45, 2.75) is 0 Å². The topological polar surface area (TPSA) is 104 Å². The normalized spacial score (nSPS) is 10.5. The number of rotatable bonds is 2. The van der Waals surface area contributed by atoms with Crippen LogP contribution in [0, 0.1) is 0 Å². The predicted molar refractivity (Wildman–Crippen MR) is 95.0 cm³/mol. The van der Waals surface area contributed by atoms with Gasteiger partial charge in [0.05, 0.1) is 0 Å². The summed E-state index contributed by atoms with van der Waals surface area (Å²) in [6, 6.07) is 18.9. The number of nitrogen functional groups attached to an aromatic ring is 4. The molecule has 4 nitrogen and oxygen atoms in total. The molecule has 0 saturated carbocycles. The van der Waals surface area contributed by atoms with E-state index in [4.69, 9.17) is 22.9 Å². The third-order valence-corrected chi connectivity index (χ3v) is 3.64. The van der Waals surface area contributed by atoms with Gasteiger partial charge in [0.15, 0.2) is 0 Å². The van der Waals surface area contributed by atoms with Crippen LogP contribution in [-0.4, -0.2) is 0 Å². The Morgan fingerprint density at radius 1 is 0.500 bits per heavy atom. The van der Waals surface area contributed by atoms with Gasteiger partial charge < -0.3 is 22.9 Å². The van der Waals surface area contributed by atoms with E-state index >= 15 is 0 Å². The van der Waals surface area contributed by atoms with E-state index in [1.807, 2.05) is 48.5 Å². The van der Waals surface area contributed by atoms with Gasteiger partial charge in [-0.2, -0.15) is 0 Å². The summed E-state index contributed by atoms with van der Waals surface area (Å²) >= 11 is 0. The van der Waals surface area contributed by atoms with Crippen LogP contribution in [0.1, 0.15) is 0 Å². The molecule has 3 aromatic carbocycles. The third kappa shape index (κ3) is 2.54. The van der Waals surface area contributed by atoms with Crippen molar-refractivity contribution in [3.63, 3.8) is 0 Å². The number of hydrogen-bond acceptors (Lipinski definition) is 4. The number of hydrogen-bond donors (Lipinski definition) is 4. The van der Waals surface area contributed by atoms with Gasteiger partial charge in [0.2, 0.25) is 0 Å². The molecule has 0 aliphatic heterocycles. The van der Waals surface area contributed by atoms with Gasteiger partial charge in [-0.15, -0.1) is 0 Å². The molecule has 0 fully saturated rings. The first-order chi connectivity index (χ1) is 10.5. The lowest BCUT2D eigenvalue weighted by atomic mass is 9.97. The predicted octanol–water partition coefficient (Wildman–Crippen LogP) is 3.35. The number of nitrogens with two attached hydrogens (primary N) is 4. The molecule has 3 aromatic rings. The van der Waals surface area contributed by atoms with E-state index in [-0.39, 0.29) is 0 Å². The Labute approximate surface area is 129 Å². The molecule has 22 heavy (non-hydrogen) atoms. The standard InChI is InChI=1S/C18H18N4/c19-13-4-6-17(21)15(9-13)11-2-1-3-12(8-11)16-10-14(20)5-7-18(16)22/h1-10H,19-22H2. The van der Waals surface area contributed by atoms with E-state index in [0.29, 0.717) is 22.7 Å². The molecule has 0 unspecified atom stereocenters. The first-order valence-electron chi connectivity index (χ1n) is 6.95. The maximum absolute atomic E-state index is 6.06. The molecular weight excluding hydrogens is 272 g/mol. The molecular formula is C18H18N4. The zero-order valence-electron chi connectivity index (χ0n) is 12.1. The summed E-state index contributed by atoms with van der Waals surface area (Å²) in [5.41, 5.74) is 30.4. The van der Waals surface area contributed by atoms with Crippen molar-refractivity contribution < 1.29 is 0 Å². The van der Waals surface area contributed by atoms with Crippen molar-refractivity contribution in [2.24, 2.45) is 0 Å². The van der Waals surface area contributed by atoms with Crippen molar-refractivity contribution in [1.82, 2.24) is 0 Å². The maximum atomic E-state index is 6.06. The number of anilines is 4. The fourth-order valence-electron chi connectivity index (χ4n) is 2.50. The SMILES string of the molecule is Nc1ccc(N)c(-c2cccc(-c3cc(N)ccc3N)c2)c1. The minimum atomic E-state index is 0.679. The Bertz CT molecular complexity index is 773. The van der Waals surface area contributed by atoms with E-state index in [9.17, 15) is 0 Å². The first kappa shape index (κ1) is 13.8. The van der Waals surface area contributed by atoms with Crippen LogP contribution < -0.4 is 22.9 Å². The molecule has 0 atom stereocenters. The summed E-state index contributed by atoms with van der Waals surface area (Å²) in [6.45, 7) is 0. The molecule has 0 heterocycles. The highest BCUT2D eigenvalue weighted by atomic mass is 14.6. The van der Waals surface area contributed by atoms with Crippen molar-refractivity contribution in [3.05, 3.63) is 60.7 Å². The summed E-state index contributed by atoms with van der Waals surface area (Å²) in [5, 5.41) is 0. The minimum Gasteiger partial charge on any atom is -0.399 e. The highest BCUT2D eigenvalue weighted by Crippen LogP contribution is 2.33. The summed E-state index contributed by atoms with van der Waals surface area (Å²) in [5.74, 6) is 0. The number of benzene rings is 3. The lowest BCUT2D eigenvalue weighted by Gasteiger charge is -2.11. The van der Waals surface area contributed by atoms with Crippen molar-refractivity contribution >= 4 is 22.7 Å². The molecule has 0 aromatic heterocycles. The Balaban J connectivity index is 2.14. The molecule has 0 saturated heterocycles. The zero-order valence-corrected chi connectivity index (χ0v) is 12.1. The minimum absolute atomic E-state index is 0.679. The van der Waals surface area contributed by atoms with Crippen LogP contribution in [0.4, 0.5) is 22.7 Å². The highest BCUT2D eigenvalue weighted by Gasteiger charge is 2.07. The third-order valence-electron chi connectivity index (χ3n) is 3.64. The quantitative estimate of drug-likeness (QED) is 0.543. The van der Waals surface area contributed by atoms with Crippen molar-refractivity contribution in [3.8, 4) is 22.3 Å². The van der Waals surface area contributed by atoms with Crippen LogP contribution in [0.25, 0.3) is 22.3 Å². The van der Waals surface area contributed by atoms with Gasteiger partial charge in [-0.1, -0.05) is 18.2 Å². The van der Waals surface area contributed by atoms with Gasteiger partial charge in [-0.25, -0.2) is 0 Å². The summed E-state index contributed by atoms with van der Waals surface area (Å²) in [6.07, 6.45) is 0. The molecule has 0 aliphatic rings. The molecule has 4 heteroatoms. The van der Waals surface area contributed by atoms with Gasteiger partial charge in [0.1, 0.15) is 0 Å². The summed E-state index contributed by atoms with van der Waals surface area (Å²) < 4.78 is 0. The van der Waals surface area contributed by atoms with Crippen LogP contribution in [0.15, 0.2) is 60.7 Å². The van der Waals surface area contributed by atoms with E-state index in [1.54, 1.807) is 12.1 Å². The van der Waals surface area contributed by atoms with Gasteiger partial charge in [0.25, 0.3) is 0 Å². The van der Waals surface area contributed by atoms with Crippen molar-refractivity contribution in [1.29, 1.82) is 0 Å². The molecule has 0 spiro atoms. The van der Waals surface area contributed by atoms with Crippen LogP contribution in [-0.2, 0) is 0 Å². The Kier molecular flexibility index (Phi) is 3.35. The highest BCUT2D eigenvalue weighted by molar-refractivity contribution is 5.85. The smallest absolute Gasteiger partial charge is 0.0395 e. The van der Waals surface area contributed by atoms with Gasteiger partial charge in [-0.3, -0.25) is 0 Å². The van der Waals surface area contributed by atoms with Crippen LogP contribution in [0.5, 0.6) is 0 Å². The van der Waals surface area contributed by atoms with E-state index < -0.39 is 0 Å². The fraction of sp³-hybridized carbons (Fsp3) is 0. The largest absolute Gasteiger partial charge is 0.399 e. The first-order valence-corrected chi connectivity index (χ1v) is 6.95. The van der Waals surface area contributed by atoms with Crippen LogP contribution in [0.3, 0.4) is 0 Å². The molecule has 110 valence electrons. The van der Waals surface area contributed by atoms with Gasteiger partial charge in [0, 0.05) is 33.9 Å². The lowest BCUT2D eigenvalue weighted by molar-refractivity contribution is 1.57. The Hall–Kier alpha value is -3.14. The maximum Gasteiger partial charge on any atom is 0.0395 e. The van der Waals surface area contributed by atoms with Crippen LogP contribution >= 0.6 is 0 Å². The molecule has 8 N–H and O–H groups in total. The van der Waals surface area contributed by atoms with Gasteiger partial charge >= 0.3 is 0 Å². The van der Waals surface area contributed by atoms with E-state index in [0.717, 1.165) is 22.3 Å². The average molecular weight is 290 g/mol. The molecule has 3 rings (SSSR count). The molecule has 0 amide bonds. The molecule has 0 radical (unpaired) electrons. The summed E-state index contributed by atoms with van der Waals surface area (Å²) in [7, 11) is 0. The van der Waals surface area contributed by atoms with Gasteiger partial charge in [-0.05, 0) is 53.6 Å². The van der Waals surface area contributed by atoms with Crippen LogP contribution in [0.2, 0.25) is 0 Å². The second kappa shape index (κ2) is 5.33. The average Bonchev–Trinajstić information content (AvgIpc) is 2.52. The van der Waals surface area contributed by atoms with E-state index in [1.165, 1.54) is 0 Å². The molecule has 0 aliphatic carbocycles. The molecule has 0 bridgehead atoms. The van der Waals surface area contributed by atoms with E-state index in [2.05, 4.69) is 0 Å². The zero-order chi connectivity index (χ0) is 15.7. The second-order valence-electron chi connectivity index (χ2n) is 5.27. The second-order valence-corrected chi connectivity index (χ2v) is 5.27. The monoisotopic (exact) mass is 290 g/mol. The lowest BCUT2D eigenvalue weighted by Crippen LogP contribution is -1.95. The Morgan fingerprint density at radius 2 is 0.955 bits per heavy atom.